The van der Waals surface area contributed by atoms with Crippen LogP contribution in [-0.4, -0.2) is 29.5 Å². The summed E-state index contributed by atoms with van der Waals surface area (Å²) < 4.78 is 0. The summed E-state index contributed by atoms with van der Waals surface area (Å²) in [7, 11) is 0. The first-order valence-corrected chi connectivity index (χ1v) is 7.48. The number of nitrogens with zero attached hydrogens (tertiary/aromatic N) is 1. The van der Waals surface area contributed by atoms with Gasteiger partial charge in [0, 0.05) is 24.0 Å². The van der Waals surface area contributed by atoms with Crippen molar-refractivity contribution in [3.05, 3.63) is 16.1 Å². The van der Waals surface area contributed by atoms with Crippen molar-refractivity contribution in [2.75, 3.05) is 13.1 Å². The lowest BCUT2D eigenvalue weighted by Gasteiger charge is -2.26. The number of aryl methyl sites for hydroxylation is 1. The van der Waals surface area contributed by atoms with Gasteiger partial charge in [0.05, 0.1) is 10.5 Å². The third-order valence-electron chi connectivity index (χ3n) is 3.57. The highest BCUT2D eigenvalue weighted by Crippen LogP contribution is 2.23. The van der Waals surface area contributed by atoms with Crippen LogP contribution in [0.15, 0.2) is 5.38 Å². The van der Waals surface area contributed by atoms with Crippen LogP contribution in [-0.2, 0) is 11.2 Å². The van der Waals surface area contributed by atoms with Gasteiger partial charge < -0.3 is 10.6 Å². The molecule has 0 aromatic carbocycles. The zero-order valence-corrected chi connectivity index (χ0v) is 11.9. The van der Waals surface area contributed by atoms with Crippen LogP contribution in [0.5, 0.6) is 0 Å². The van der Waals surface area contributed by atoms with E-state index in [4.69, 9.17) is 0 Å². The largest absolute Gasteiger partial charge is 0.354 e. The zero-order chi connectivity index (χ0) is 13.0. The number of hydrogen-bond acceptors (Lipinski definition) is 4. The second kappa shape index (κ2) is 5.80. The van der Waals surface area contributed by atoms with Crippen LogP contribution in [0, 0.1) is 6.92 Å². The van der Waals surface area contributed by atoms with Crippen LogP contribution in [0.1, 0.15) is 36.9 Å². The van der Waals surface area contributed by atoms with E-state index >= 15 is 0 Å². The monoisotopic (exact) mass is 267 g/mol. The molecule has 0 spiro atoms. The number of hydrogen-bond donors (Lipinski definition) is 2. The number of aromatic nitrogens is 1. The molecule has 2 rings (SSSR count). The zero-order valence-electron chi connectivity index (χ0n) is 11.1. The van der Waals surface area contributed by atoms with Gasteiger partial charge in [0.15, 0.2) is 0 Å². The van der Waals surface area contributed by atoms with E-state index in [-0.39, 0.29) is 11.4 Å². The molecule has 0 saturated carbocycles. The van der Waals surface area contributed by atoms with Crippen molar-refractivity contribution in [3.8, 4) is 0 Å². The third kappa shape index (κ3) is 2.90. The Hall–Kier alpha value is -0.940. The molecule has 1 unspecified atom stereocenters. The van der Waals surface area contributed by atoms with E-state index in [1.165, 1.54) is 0 Å². The van der Waals surface area contributed by atoms with Gasteiger partial charge in [-0.2, -0.15) is 0 Å². The molecule has 100 valence electrons. The molecule has 1 saturated heterocycles. The molecular weight excluding hydrogens is 246 g/mol. The first-order valence-electron chi connectivity index (χ1n) is 6.60. The Morgan fingerprint density at radius 3 is 3.06 bits per heavy atom. The van der Waals surface area contributed by atoms with Crippen molar-refractivity contribution in [2.24, 2.45) is 0 Å². The Kier molecular flexibility index (Phi) is 4.35. The highest BCUT2D eigenvalue weighted by Gasteiger charge is 2.38. The highest BCUT2D eigenvalue weighted by atomic mass is 32.1. The maximum Gasteiger partial charge on any atom is 0.240 e. The molecule has 0 aliphatic carbocycles. The molecule has 0 radical (unpaired) electrons. The van der Waals surface area contributed by atoms with Crippen LogP contribution in [0.3, 0.4) is 0 Å². The molecule has 0 bridgehead atoms. The minimum atomic E-state index is -0.321. The number of rotatable bonds is 5. The van der Waals surface area contributed by atoms with Gasteiger partial charge in [0.25, 0.3) is 0 Å². The summed E-state index contributed by atoms with van der Waals surface area (Å²) in [5.74, 6) is 0.149. The molecule has 1 amide bonds. The van der Waals surface area contributed by atoms with Crippen molar-refractivity contribution in [1.82, 2.24) is 15.6 Å². The maximum atomic E-state index is 12.2. The predicted octanol–water partition coefficient (Wildman–Crippen LogP) is 1.64. The van der Waals surface area contributed by atoms with E-state index in [0.717, 1.165) is 42.9 Å². The Labute approximate surface area is 112 Å². The Morgan fingerprint density at radius 2 is 2.50 bits per heavy atom. The molecule has 1 fully saturated rings. The Balaban J connectivity index is 1.81. The van der Waals surface area contributed by atoms with Gasteiger partial charge in [-0.15, -0.1) is 11.3 Å². The van der Waals surface area contributed by atoms with Crippen LogP contribution in [0.4, 0.5) is 0 Å². The lowest BCUT2D eigenvalue weighted by molar-refractivity contribution is -0.127. The average molecular weight is 267 g/mol. The lowest BCUT2D eigenvalue weighted by Crippen LogP contribution is -2.53. The maximum absolute atomic E-state index is 12.2. The number of nitrogens with one attached hydrogen (secondary N) is 2. The van der Waals surface area contributed by atoms with E-state index in [0.29, 0.717) is 6.54 Å². The van der Waals surface area contributed by atoms with Crippen molar-refractivity contribution in [1.29, 1.82) is 0 Å². The first kappa shape index (κ1) is 13.5. The van der Waals surface area contributed by atoms with Crippen LogP contribution in [0.25, 0.3) is 0 Å². The van der Waals surface area contributed by atoms with Crippen LogP contribution >= 0.6 is 11.3 Å². The van der Waals surface area contributed by atoms with Gasteiger partial charge in [-0.1, -0.05) is 6.92 Å². The second-order valence-electron chi connectivity index (χ2n) is 4.85. The fourth-order valence-corrected chi connectivity index (χ4v) is 3.21. The number of carbonyl (C=O) groups is 1. The fourth-order valence-electron chi connectivity index (χ4n) is 2.43. The second-order valence-corrected chi connectivity index (χ2v) is 5.80. The summed E-state index contributed by atoms with van der Waals surface area (Å²) in [6.07, 6.45) is 3.72. The Morgan fingerprint density at radius 1 is 1.67 bits per heavy atom. The van der Waals surface area contributed by atoms with Gasteiger partial charge in [-0.05, 0) is 32.7 Å². The van der Waals surface area contributed by atoms with Gasteiger partial charge in [0.1, 0.15) is 0 Å². The molecule has 1 aliphatic heterocycles. The molecular formula is C13H21N3OS. The third-order valence-corrected chi connectivity index (χ3v) is 4.60. The predicted molar refractivity (Wildman–Crippen MR) is 73.8 cm³/mol. The van der Waals surface area contributed by atoms with E-state index in [1.54, 1.807) is 11.3 Å². The smallest absolute Gasteiger partial charge is 0.240 e. The first-order chi connectivity index (χ1) is 8.66. The summed E-state index contributed by atoms with van der Waals surface area (Å²) in [6, 6.07) is 0. The average Bonchev–Trinajstić information content (AvgIpc) is 2.99. The lowest BCUT2D eigenvalue weighted by atomic mass is 9.93. The molecule has 2 heterocycles. The highest BCUT2D eigenvalue weighted by molar-refractivity contribution is 7.09. The Bertz CT molecular complexity index is 410. The van der Waals surface area contributed by atoms with Crippen molar-refractivity contribution >= 4 is 17.2 Å². The van der Waals surface area contributed by atoms with E-state index in [1.807, 2.05) is 12.3 Å². The number of amides is 1. The van der Waals surface area contributed by atoms with Gasteiger partial charge in [0.2, 0.25) is 5.91 Å². The minimum Gasteiger partial charge on any atom is -0.354 e. The van der Waals surface area contributed by atoms with Gasteiger partial charge >= 0.3 is 0 Å². The summed E-state index contributed by atoms with van der Waals surface area (Å²) in [5.41, 5.74) is 0.738. The summed E-state index contributed by atoms with van der Waals surface area (Å²) in [5, 5.41) is 9.53. The van der Waals surface area contributed by atoms with Crippen LogP contribution < -0.4 is 10.6 Å². The van der Waals surface area contributed by atoms with Crippen LogP contribution in [0.2, 0.25) is 0 Å². The molecule has 1 atom stereocenters. The summed E-state index contributed by atoms with van der Waals surface area (Å²) in [6.45, 7) is 5.69. The minimum absolute atomic E-state index is 0.149. The molecule has 1 aliphatic rings. The molecule has 4 nitrogen and oxygen atoms in total. The standard InChI is InChI=1S/C13H21N3OS/c1-3-13(6-4-7-15-13)12(17)14-8-5-11-16-10(2)9-18-11/h9,15H,3-8H2,1-2H3,(H,14,17). The quantitative estimate of drug-likeness (QED) is 0.853. The van der Waals surface area contributed by atoms with E-state index in [9.17, 15) is 4.79 Å². The summed E-state index contributed by atoms with van der Waals surface area (Å²) >= 11 is 1.66. The van der Waals surface area contributed by atoms with Gasteiger partial charge in [-0.25, -0.2) is 4.98 Å². The molecule has 5 heteroatoms. The van der Waals surface area contributed by atoms with Gasteiger partial charge in [-0.3, -0.25) is 4.79 Å². The number of carbonyl (C=O) groups excluding carboxylic acids is 1. The SMILES string of the molecule is CCC1(C(=O)NCCc2nc(C)cs2)CCCN1. The normalized spacial score (nSPS) is 23.2. The fraction of sp³-hybridized carbons (Fsp3) is 0.692. The molecule has 2 N–H and O–H groups in total. The molecule has 1 aromatic rings. The molecule has 18 heavy (non-hydrogen) atoms. The number of thiazole rings is 1. The molecule has 1 aromatic heterocycles. The summed E-state index contributed by atoms with van der Waals surface area (Å²) in [4.78, 5) is 16.6. The topological polar surface area (TPSA) is 54.0 Å². The van der Waals surface area contributed by atoms with Crippen molar-refractivity contribution in [2.45, 2.75) is 45.1 Å². The van der Waals surface area contributed by atoms with Crippen molar-refractivity contribution in [3.63, 3.8) is 0 Å². The van der Waals surface area contributed by atoms with E-state index < -0.39 is 0 Å². The van der Waals surface area contributed by atoms with E-state index in [2.05, 4.69) is 22.5 Å². The van der Waals surface area contributed by atoms with Crippen molar-refractivity contribution < 1.29 is 4.79 Å².